The SMILES string of the molecule is Cc1c(C(=O)NNC(=O)c2cccnc2)oc2ccccc12. The second kappa shape index (κ2) is 5.69. The molecule has 0 fully saturated rings. The van der Waals surface area contributed by atoms with E-state index in [-0.39, 0.29) is 5.76 Å². The Morgan fingerprint density at radius 2 is 1.82 bits per heavy atom. The molecule has 0 saturated carbocycles. The van der Waals surface area contributed by atoms with Gasteiger partial charge in [-0.05, 0) is 25.1 Å². The summed E-state index contributed by atoms with van der Waals surface area (Å²) in [5, 5.41) is 0.867. The Morgan fingerprint density at radius 1 is 1.05 bits per heavy atom. The molecule has 3 aromatic rings. The van der Waals surface area contributed by atoms with E-state index in [9.17, 15) is 9.59 Å². The van der Waals surface area contributed by atoms with Gasteiger partial charge in [0.1, 0.15) is 5.58 Å². The molecule has 3 rings (SSSR count). The van der Waals surface area contributed by atoms with Gasteiger partial charge >= 0.3 is 5.91 Å². The van der Waals surface area contributed by atoms with Crippen LogP contribution >= 0.6 is 0 Å². The van der Waals surface area contributed by atoms with E-state index in [1.54, 1.807) is 31.3 Å². The molecule has 6 nitrogen and oxygen atoms in total. The van der Waals surface area contributed by atoms with Crippen molar-refractivity contribution in [1.29, 1.82) is 0 Å². The minimum absolute atomic E-state index is 0.174. The van der Waals surface area contributed by atoms with Crippen molar-refractivity contribution in [2.24, 2.45) is 0 Å². The van der Waals surface area contributed by atoms with Gasteiger partial charge in [-0.1, -0.05) is 18.2 Å². The van der Waals surface area contributed by atoms with Gasteiger partial charge in [-0.3, -0.25) is 25.4 Å². The van der Waals surface area contributed by atoms with Crippen LogP contribution in [0, 0.1) is 6.92 Å². The van der Waals surface area contributed by atoms with Gasteiger partial charge < -0.3 is 4.42 Å². The number of fused-ring (bicyclic) bond motifs is 1. The average Bonchev–Trinajstić information content (AvgIpc) is 2.90. The molecule has 0 radical (unpaired) electrons. The number of nitrogens with zero attached hydrogens (tertiary/aromatic N) is 1. The van der Waals surface area contributed by atoms with Crippen LogP contribution in [-0.2, 0) is 0 Å². The van der Waals surface area contributed by atoms with Gasteiger partial charge in [0.05, 0.1) is 5.56 Å². The number of carbonyl (C=O) groups is 2. The molecule has 0 spiro atoms. The number of nitrogens with one attached hydrogen (secondary N) is 2. The van der Waals surface area contributed by atoms with E-state index >= 15 is 0 Å². The lowest BCUT2D eigenvalue weighted by Crippen LogP contribution is -2.41. The lowest BCUT2D eigenvalue weighted by Gasteiger charge is -2.05. The summed E-state index contributed by atoms with van der Waals surface area (Å²) < 4.78 is 5.52. The van der Waals surface area contributed by atoms with E-state index in [0.717, 1.165) is 10.9 Å². The molecular formula is C16H13N3O3. The third-order valence-corrected chi connectivity index (χ3v) is 3.26. The van der Waals surface area contributed by atoms with Crippen molar-refractivity contribution in [2.45, 2.75) is 6.92 Å². The molecular weight excluding hydrogens is 282 g/mol. The number of aryl methyl sites for hydroxylation is 1. The highest BCUT2D eigenvalue weighted by molar-refractivity contribution is 6.01. The topological polar surface area (TPSA) is 84.2 Å². The van der Waals surface area contributed by atoms with E-state index in [4.69, 9.17) is 4.42 Å². The summed E-state index contributed by atoms with van der Waals surface area (Å²) in [6.45, 7) is 1.80. The van der Waals surface area contributed by atoms with Crippen LogP contribution in [0.1, 0.15) is 26.5 Å². The van der Waals surface area contributed by atoms with E-state index in [2.05, 4.69) is 15.8 Å². The quantitative estimate of drug-likeness (QED) is 0.710. The first-order valence-electron chi connectivity index (χ1n) is 6.65. The maximum atomic E-state index is 12.1. The molecule has 0 unspecified atom stereocenters. The smallest absolute Gasteiger partial charge is 0.305 e. The van der Waals surface area contributed by atoms with E-state index in [1.165, 1.54) is 6.20 Å². The van der Waals surface area contributed by atoms with E-state index in [1.807, 2.05) is 18.2 Å². The fraction of sp³-hybridized carbons (Fsp3) is 0.0625. The van der Waals surface area contributed by atoms with Crippen molar-refractivity contribution >= 4 is 22.8 Å². The number of hydrazine groups is 1. The predicted octanol–water partition coefficient (Wildman–Crippen LogP) is 2.21. The van der Waals surface area contributed by atoms with Crippen LogP contribution in [-0.4, -0.2) is 16.8 Å². The van der Waals surface area contributed by atoms with Crippen LogP contribution in [0.3, 0.4) is 0 Å². The lowest BCUT2D eigenvalue weighted by molar-refractivity contribution is 0.0831. The molecule has 1 aromatic carbocycles. The Balaban J connectivity index is 1.74. The van der Waals surface area contributed by atoms with E-state index in [0.29, 0.717) is 11.1 Å². The molecule has 0 saturated heterocycles. The zero-order valence-electron chi connectivity index (χ0n) is 11.8. The maximum Gasteiger partial charge on any atom is 0.305 e. The predicted molar refractivity (Wildman–Crippen MR) is 80.1 cm³/mol. The van der Waals surface area contributed by atoms with Crippen molar-refractivity contribution < 1.29 is 14.0 Å². The summed E-state index contributed by atoms with van der Waals surface area (Å²) in [7, 11) is 0. The molecule has 0 atom stereocenters. The second-order valence-electron chi connectivity index (χ2n) is 4.70. The highest BCUT2D eigenvalue weighted by Crippen LogP contribution is 2.24. The first-order valence-corrected chi connectivity index (χ1v) is 6.65. The summed E-state index contributed by atoms with van der Waals surface area (Å²) >= 11 is 0. The fourth-order valence-corrected chi connectivity index (χ4v) is 2.13. The Hall–Kier alpha value is -3.15. The highest BCUT2D eigenvalue weighted by Gasteiger charge is 2.18. The van der Waals surface area contributed by atoms with Crippen molar-refractivity contribution in [3.8, 4) is 0 Å². The van der Waals surface area contributed by atoms with Crippen LogP contribution in [0.4, 0.5) is 0 Å². The van der Waals surface area contributed by atoms with Gasteiger partial charge in [0.25, 0.3) is 5.91 Å². The third-order valence-electron chi connectivity index (χ3n) is 3.26. The molecule has 22 heavy (non-hydrogen) atoms. The van der Waals surface area contributed by atoms with Crippen LogP contribution in [0.15, 0.2) is 53.2 Å². The molecule has 0 bridgehead atoms. The fourth-order valence-electron chi connectivity index (χ4n) is 2.13. The summed E-state index contributed by atoms with van der Waals surface area (Å²) in [4.78, 5) is 27.8. The Morgan fingerprint density at radius 3 is 2.55 bits per heavy atom. The number of hydrogen-bond acceptors (Lipinski definition) is 4. The first kappa shape index (κ1) is 13.8. The molecule has 0 aliphatic heterocycles. The van der Waals surface area contributed by atoms with Gasteiger partial charge in [-0.15, -0.1) is 0 Å². The summed E-state index contributed by atoms with van der Waals surface area (Å²) in [5.74, 6) is -0.783. The number of rotatable bonds is 2. The van der Waals surface area contributed by atoms with Gasteiger partial charge in [-0.2, -0.15) is 0 Å². The van der Waals surface area contributed by atoms with Crippen molar-refractivity contribution in [3.05, 3.63) is 65.7 Å². The molecule has 6 heteroatoms. The van der Waals surface area contributed by atoms with Gasteiger partial charge in [-0.25, -0.2) is 0 Å². The minimum atomic E-state index is -0.508. The van der Waals surface area contributed by atoms with Gasteiger partial charge in [0.15, 0.2) is 5.76 Å². The summed E-state index contributed by atoms with van der Waals surface area (Å²) in [5.41, 5.74) is 6.37. The molecule has 2 heterocycles. The Labute approximate surface area is 126 Å². The summed E-state index contributed by atoms with van der Waals surface area (Å²) in [6, 6.07) is 10.6. The monoisotopic (exact) mass is 295 g/mol. The number of para-hydroxylation sites is 1. The molecule has 110 valence electrons. The Bertz CT molecular complexity index is 840. The minimum Gasteiger partial charge on any atom is -0.451 e. The van der Waals surface area contributed by atoms with E-state index < -0.39 is 11.8 Å². The third kappa shape index (κ3) is 2.54. The molecule has 2 amide bonds. The van der Waals surface area contributed by atoms with Crippen LogP contribution in [0.5, 0.6) is 0 Å². The van der Waals surface area contributed by atoms with Crippen LogP contribution < -0.4 is 10.9 Å². The number of aromatic nitrogens is 1. The van der Waals surface area contributed by atoms with Gasteiger partial charge in [0, 0.05) is 23.3 Å². The number of furan rings is 1. The van der Waals surface area contributed by atoms with Crippen LogP contribution in [0.25, 0.3) is 11.0 Å². The lowest BCUT2D eigenvalue weighted by atomic mass is 10.1. The normalized spacial score (nSPS) is 10.4. The number of amides is 2. The molecule has 2 N–H and O–H groups in total. The zero-order valence-corrected chi connectivity index (χ0v) is 11.8. The highest BCUT2D eigenvalue weighted by atomic mass is 16.3. The largest absolute Gasteiger partial charge is 0.451 e. The number of carbonyl (C=O) groups excluding carboxylic acids is 2. The maximum absolute atomic E-state index is 12.1. The summed E-state index contributed by atoms with van der Waals surface area (Å²) in [6.07, 6.45) is 2.97. The van der Waals surface area contributed by atoms with Gasteiger partial charge in [0.2, 0.25) is 0 Å². The number of pyridine rings is 1. The van der Waals surface area contributed by atoms with Crippen molar-refractivity contribution in [3.63, 3.8) is 0 Å². The standard InChI is InChI=1S/C16H13N3O3/c1-10-12-6-2-3-7-13(12)22-14(10)16(21)19-18-15(20)11-5-4-8-17-9-11/h2-9H,1H3,(H,18,20)(H,19,21). The second-order valence-corrected chi connectivity index (χ2v) is 4.70. The first-order chi connectivity index (χ1) is 10.7. The van der Waals surface area contributed by atoms with Crippen LogP contribution in [0.2, 0.25) is 0 Å². The average molecular weight is 295 g/mol. The van der Waals surface area contributed by atoms with Crippen molar-refractivity contribution in [2.75, 3.05) is 0 Å². The number of benzene rings is 1. The zero-order chi connectivity index (χ0) is 15.5. The Kier molecular flexibility index (Phi) is 3.57. The molecule has 0 aliphatic rings. The van der Waals surface area contributed by atoms with Crippen molar-refractivity contribution in [1.82, 2.24) is 15.8 Å². The molecule has 0 aliphatic carbocycles. The molecule has 2 aromatic heterocycles. The number of hydrogen-bond donors (Lipinski definition) is 2.